The van der Waals surface area contributed by atoms with Crippen molar-refractivity contribution < 1.29 is 23.3 Å². The molecule has 0 aromatic carbocycles. The van der Waals surface area contributed by atoms with Crippen LogP contribution in [-0.2, 0) is 21.8 Å². The molecule has 1 amide bonds. The van der Waals surface area contributed by atoms with Crippen LogP contribution in [0.15, 0.2) is 50.7 Å². The highest BCUT2D eigenvalue weighted by Gasteiger charge is 2.19. The van der Waals surface area contributed by atoms with E-state index in [2.05, 4.69) is 10.1 Å². The maximum Gasteiger partial charge on any atom is 0.341 e. The number of esters is 1. The number of carbonyl (C=O) groups excluding carboxylic acids is 2. The Hall–Kier alpha value is -3.07. The zero-order chi connectivity index (χ0) is 20.8. The fraction of sp³-hybridized carbons (Fsp3) is 0.300. The van der Waals surface area contributed by atoms with Gasteiger partial charge in [0.15, 0.2) is 6.61 Å². The van der Waals surface area contributed by atoms with Gasteiger partial charge in [-0.3, -0.25) is 4.79 Å². The molecule has 0 aliphatic carbocycles. The van der Waals surface area contributed by atoms with Crippen molar-refractivity contribution in [1.82, 2.24) is 15.0 Å². The molecule has 0 spiro atoms. The second-order valence-corrected chi connectivity index (χ2v) is 7.32. The maximum atomic E-state index is 12.5. The van der Waals surface area contributed by atoms with Gasteiger partial charge in [-0.1, -0.05) is 5.16 Å². The molecule has 0 N–H and O–H groups in total. The Morgan fingerprint density at radius 3 is 2.76 bits per heavy atom. The van der Waals surface area contributed by atoms with Gasteiger partial charge in [-0.15, -0.1) is 11.8 Å². The van der Waals surface area contributed by atoms with E-state index in [1.54, 1.807) is 37.5 Å². The molecule has 0 aliphatic rings. The zero-order valence-electron chi connectivity index (χ0n) is 16.4. The standard InChI is InChI=1S/C20H21N3O5S/c1-13-17(14(2)28-22-13)12-29-19-16(7-4-8-21-19)20(25)27-11-18(24)23(3)10-15-6-5-9-26-15/h4-9H,10-12H2,1-3H3. The highest BCUT2D eigenvalue weighted by Crippen LogP contribution is 2.27. The number of carbonyl (C=O) groups is 2. The largest absolute Gasteiger partial charge is 0.467 e. The number of hydrogen-bond acceptors (Lipinski definition) is 8. The molecular weight excluding hydrogens is 394 g/mol. The third kappa shape index (κ3) is 5.26. The lowest BCUT2D eigenvalue weighted by molar-refractivity contribution is -0.134. The van der Waals surface area contributed by atoms with E-state index < -0.39 is 5.97 Å². The van der Waals surface area contributed by atoms with Crippen molar-refractivity contribution in [1.29, 1.82) is 0 Å². The Morgan fingerprint density at radius 2 is 2.07 bits per heavy atom. The molecule has 0 atom stereocenters. The lowest BCUT2D eigenvalue weighted by Crippen LogP contribution is -2.30. The van der Waals surface area contributed by atoms with E-state index in [4.69, 9.17) is 13.7 Å². The number of hydrogen-bond donors (Lipinski definition) is 0. The van der Waals surface area contributed by atoms with Crippen LogP contribution in [0.25, 0.3) is 0 Å². The van der Waals surface area contributed by atoms with Crippen LogP contribution in [0.3, 0.4) is 0 Å². The van der Waals surface area contributed by atoms with E-state index in [9.17, 15) is 9.59 Å². The number of likely N-dealkylation sites (N-methyl/N-ethyl adjacent to an activating group) is 1. The smallest absolute Gasteiger partial charge is 0.341 e. The van der Waals surface area contributed by atoms with Crippen LogP contribution in [0.4, 0.5) is 0 Å². The Balaban J connectivity index is 1.58. The summed E-state index contributed by atoms with van der Waals surface area (Å²) < 4.78 is 15.6. The van der Waals surface area contributed by atoms with Crippen molar-refractivity contribution in [2.24, 2.45) is 0 Å². The van der Waals surface area contributed by atoms with E-state index in [0.717, 1.165) is 17.0 Å². The molecule has 3 heterocycles. The van der Waals surface area contributed by atoms with Gasteiger partial charge in [0, 0.05) is 24.6 Å². The van der Waals surface area contributed by atoms with Crippen molar-refractivity contribution in [2.45, 2.75) is 31.2 Å². The lowest BCUT2D eigenvalue weighted by Gasteiger charge is -2.16. The molecule has 0 saturated heterocycles. The number of ether oxygens (including phenoxy) is 1. The van der Waals surface area contributed by atoms with Crippen LogP contribution in [-0.4, -0.2) is 40.6 Å². The van der Waals surface area contributed by atoms with E-state index >= 15 is 0 Å². The van der Waals surface area contributed by atoms with Crippen LogP contribution in [0.2, 0.25) is 0 Å². The minimum atomic E-state index is -0.598. The zero-order valence-corrected chi connectivity index (χ0v) is 17.2. The molecule has 9 heteroatoms. The molecule has 0 bridgehead atoms. The maximum absolute atomic E-state index is 12.5. The first-order valence-corrected chi connectivity index (χ1v) is 9.87. The lowest BCUT2D eigenvalue weighted by atomic mass is 10.2. The number of aryl methyl sites for hydroxylation is 2. The summed E-state index contributed by atoms with van der Waals surface area (Å²) in [4.78, 5) is 30.4. The molecule has 0 aliphatic heterocycles. The molecule has 29 heavy (non-hydrogen) atoms. The van der Waals surface area contributed by atoms with Gasteiger partial charge in [0.2, 0.25) is 0 Å². The summed E-state index contributed by atoms with van der Waals surface area (Å²) in [5.74, 6) is 1.02. The topological polar surface area (TPSA) is 98.7 Å². The molecule has 0 unspecified atom stereocenters. The van der Waals surface area contributed by atoms with Crippen LogP contribution in [0, 0.1) is 13.8 Å². The molecule has 0 saturated carbocycles. The third-order valence-corrected chi connectivity index (χ3v) is 5.28. The molecule has 3 aromatic heterocycles. The van der Waals surface area contributed by atoms with Gasteiger partial charge in [-0.25, -0.2) is 9.78 Å². The Bertz CT molecular complexity index is 964. The first kappa shape index (κ1) is 20.7. The number of thioether (sulfide) groups is 1. The summed E-state index contributed by atoms with van der Waals surface area (Å²) >= 11 is 1.39. The first-order chi connectivity index (χ1) is 14.0. The van der Waals surface area contributed by atoms with Crippen LogP contribution in [0.5, 0.6) is 0 Å². The highest BCUT2D eigenvalue weighted by molar-refractivity contribution is 7.98. The van der Waals surface area contributed by atoms with Crippen molar-refractivity contribution in [3.05, 3.63) is 65.1 Å². The summed E-state index contributed by atoms with van der Waals surface area (Å²) in [6, 6.07) is 6.80. The highest BCUT2D eigenvalue weighted by atomic mass is 32.2. The van der Waals surface area contributed by atoms with Crippen molar-refractivity contribution in [2.75, 3.05) is 13.7 Å². The summed E-state index contributed by atoms with van der Waals surface area (Å²) in [5, 5.41) is 4.45. The SMILES string of the molecule is Cc1noc(C)c1CSc1ncccc1C(=O)OCC(=O)N(C)Cc1ccco1. The van der Waals surface area contributed by atoms with Crippen molar-refractivity contribution >= 4 is 23.6 Å². The average Bonchev–Trinajstić information content (AvgIpc) is 3.34. The van der Waals surface area contributed by atoms with E-state index in [-0.39, 0.29) is 12.5 Å². The second-order valence-electron chi connectivity index (χ2n) is 6.35. The predicted octanol–water partition coefficient (Wildman–Crippen LogP) is 3.39. The van der Waals surface area contributed by atoms with Gasteiger partial charge in [0.1, 0.15) is 16.5 Å². The minimum absolute atomic E-state index is 0.300. The summed E-state index contributed by atoms with van der Waals surface area (Å²) in [6.45, 7) is 3.65. The molecule has 3 rings (SSSR count). The van der Waals surface area contributed by atoms with Crippen LogP contribution < -0.4 is 0 Å². The summed E-state index contributed by atoms with van der Waals surface area (Å²) in [7, 11) is 1.62. The minimum Gasteiger partial charge on any atom is -0.467 e. The first-order valence-electron chi connectivity index (χ1n) is 8.88. The number of amides is 1. The molecule has 152 valence electrons. The predicted molar refractivity (Wildman–Crippen MR) is 105 cm³/mol. The van der Waals surface area contributed by atoms with Gasteiger partial charge in [0.05, 0.1) is 24.1 Å². The molecule has 8 nitrogen and oxygen atoms in total. The second kappa shape index (κ2) is 9.42. The number of furan rings is 1. The normalized spacial score (nSPS) is 10.7. The molecule has 3 aromatic rings. The van der Waals surface area contributed by atoms with Gasteiger partial charge in [0.25, 0.3) is 5.91 Å². The van der Waals surface area contributed by atoms with E-state index in [0.29, 0.717) is 28.6 Å². The monoisotopic (exact) mass is 415 g/mol. The Kier molecular flexibility index (Phi) is 6.71. The Labute approximate surface area is 172 Å². The van der Waals surface area contributed by atoms with Gasteiger partial charge in [-0.05, 0) is 38.1 Å². The molecule has 0 radical (unpaired) electrons. The number of aromatic nitrogens is 2. The van der Waals surface area contributed by atoms with Gasteiger partial charge in [-0.2, -0.15) is 0 Å². The fourth-order valence-electron chi connectivity index (χ4n) is 2.55. The quantitative estimate of drug-likeness (QED) is 0.408. The van der Waals surface area contributed by atoms with Crippen molar-refractivity contribution in [3.63, 3.8) is 0 Å². The van der Waals surface area contributed by atoms with Gasteiger partial charge < -0.3 is 18.6 Å². The van der Waals surface area contributed by atoms with Crippen LogP contribution >= 0.6 is 11.8 Å². The molecular formula is C20H21N3O5S. The number of rotatable bonds is 8. The van der Waals surface area contributed by atoms with E-state index in [1.807, 2.05) is 13.8 Å². The fourth-order valence-corrected chi connectivity index (χ4v) is 3.68. The van der Waals surface area contributed by atoms with Crippen LogP contribution in [0.1, 0.15) is 33.1 Å². The van der Waals surface area contributed by atoms with E-state index in [1.165, 1.54) is 22.9 Å². The van der Waals surface area contributed by atoms with Crippen molar-refractivity contribution in [3.8, 4) is 0 Å². The average molecular weight is 415 g/mol. The summed E-state index contributed by atoms with van der Waals surface area (Å²) in [6.07, 6.45) is 3.15. The Morgan fingerprint density at radius 1 is 1.24 bits per heavy atom. The third-order valence-electron chi connectivity index (χ3n) is 4.25. The number of nitrogens with zero attached hydrogens (tertiary/aromatic N) is 3. The molecule has 0 fully saturated rings. The number of pyridine rings is 1. The van der Waals surface area contributed by atoms with Gasteiger partial charge >= 0.3 is 5.97 Å². The summed E-state index contributed by atoms with van der Waals surface area (Å²) in [5.41, 5.74) is 2.08.